The van der Waals surface area contributed by atoms with Crippen molar-refractivity contribution in [3.8, 4) is 0 Å². The number of thiophene rings is 1. The van der Waals surface area contributed by atoms with E-state index in [0.29, 0.717) is 9.90 Å². The van der Waals surface area contributed by atoms with Gasteiger partial charge in [-0.1, -0.05) is 29.8 Å². The summed E-state index contributed by atoms with van der Waals surface area (Å²) < 4.78 is 26.3. The third-order valence-electron chi connectivity index (χ3n) is 2.86. The fourth-order valence-electron chi connectivity index (χ4n) is 1.78. The van der Waals surface area contributed by atoms with Crippen molar-refractivity contribution in [1.29, 1.82) is 0 Å². The molecule has 0 aliphatic carbocycles. The number of halogens is 2. The molecule has 108 valence electrons. The number of sulfonamides is 1. The second kappa shape index (κ2) is 6.45. The number of nitrogens with zero attached hydrogens (tertiary/aromatic N) is 1. The molecule has 0 aliphatic rings. The Morgan fingerprint density at radius 1 is 1.25 bits per heavy atom. The second-order valence-corrected chi connectivity index (χ2v) is 7.88. The van der Waals surface area contributed by atoms with E-state index in [9.17, 15) is 8.42 Å². The molecule has 20 heavy (non-hydrogen) atoms. The van der Waals surface area contributed by atoms with Crippen molar-refractivity contribution in [3.63, 3.8) is 0 Å². The first-order valence-corrected chi connectivity index (χ1v) is 9.02. The summed E-state index contributed by atoms with van der Waals surface area (Å²) in [5.41, 5.74) is 0.767. The third kappa shape index (κ3) is 3.18. The molecule has 3 nitrogen and oxygen atoms in total. The van der Waals surface area contributed by atoms with Gasteiger partial charge in [-0.15, -0.1) is 22.9 Å². The summed E-state index contributed by atoms with van der Waals surface area (Å²) in [4.78, 5) is 0.921. The van der Waals surface area contributed by atoms with Crippen LogP contribution in [0.5, 0.6) is 0 Å². The Bertz CT molecular complexity index is 698. The van der Waals surface area contributed by atoms with Gasteiger partial charge in [-0.05, 0) is 23.1 Å². The molecule has 0 radical (unpaired) electrons. The number of hydrogen-bond donors (Lipinski definition) is 0. The van der Waals surface area contributed by atoms with E-state index in [0.717, 1.165) is 5.56 Å². The van der Waals surface area contributed by atoms with Crippen LogP contribution in [0.3, 0.4) is 0 Å². The molecule has 1 aromatic heterocycles. The van der Waals surface area contributed by atoms with Gasteiger partial charge in [-0.2, -0.15) is 4.31 Å². The van der Waals surface area contributed by atoms with Crippen molar-refractivity contribution in [2.75, 3.05) is 7.05 Å². The lowest BCUT2D eigenvalue weighted by molar-refractivity contribution is 0.466. The van der Waals surface area contributed by atoms with Crippen LogP contribution < -0.4 is 0 Å². The van der Waals surface area contributed by atoms with E-state index < -0.39 is 10.0 Å². The molecule has 2 rings (SSSR count). The minimum absolute atomic E-state index is 0.187. The fourth-order valence-corrected chi connectivity index (χ4v) is 4.79. The van der Waals surface area contributed by atoms with Crippen LogP contribution in [-0.4, -0.2) is 19.8 Å². The summed E-state index contributed by atoms with van der Waals surface area (Å²) in [7, 11) is -2.02. The maximum Gasteiger partial charge on any atom is 0.244 e. The van der Waals surface area contributed by atoms with Crippen molar-refractivity contribution < 1.29 is 8.42 Å². The minimum Gasteiger partial charge on any atom is -0.207 e. The Hall–Kier alpha value is -0.590. The Morgan fingerprint density at radius 3 is 2.60 bits per heavy atom. The first kappa shape index (κ1) is 15.8. The monoisotopic (exact) mass is 349 g/mol. The molecule has 0 atom stereocenters. The van der Waals surface area contributed by atoms with Crippen LogP contribution in [0, 0.1) is 0 Å². The van der Waals surface area contributed by atoms with Crippen molar-refractivity contribution >= 4 is 44.6 Å². The van der Waals surface area contributed by atoms with Crippen molar-refractivity contribution in [2.24, 2.45) is 0 Å². The fraction of sp³-hybridized carbons (Fsp3) is 0.231. The van der Waals surface area contributed by atoms with Crippen LogP contribution in [0.15, 0.2) is 40.6 Å². The maximum atomic E-state index is 12.5. The predicted octanol–water partition coefficient (Wildman–Crippen LogP) is 3.96. The van der Waals surface area contributed by atoms with Crippen LogP contribution in [0.25, 0.3) is 0 Å². The Morgan fingerprint density at radius 2 is 1.95 bits per heavy atom. The molecule has 2 aromatic rings. The molecule has 0 aliphatic heterocycles. The maximum absolute atomic E-state index is 12.5. The molecule has 0 unspecified atom stereocenters. The van der Waals surface area contributed by atoms with E-state index in [1.165, 1.54) is 22.7 Å². The highest BCUT2D eigenvalue weighted by atomic mass is 35.5. The van der Waals surface area contributed by atoms with Crippen molar-refractivity contribution in [1.82, 2.24) is 4.31 Å². The largest absolute Gasteiger partial charge is 0.244 e. The zero-order valence-electron chi connectivity index (χ0n) is 10.7. The minimum atomic E-state index is -3.55. The number of benzene rings is 1. The predicted molar refractivity (Wildman–Crippen MR) is 84.0 cm³/mol. The topological polar surface area (TPSA) is 37.4 Å². The van der Waals surface area contributed by atoms with E-state index in [1.54, 1.807) is 17.5 Å². The molecule has 7 heteroatoms. The average molecular weight is 350 g/mol. The van der Waals surface area contributed by atoms with Crippen LogP contribution in [0.4, 0.5) is 0 Å². The second-order valence-electron chi connectivity index (χ2n) is 4.19. The van der Waals surface area contributed by atoms with Crippen LogP contribution in [0.1, 0.15) is 10.4 Å². The van der Waals surface area contributed by atoms with Gasteiger partial charge >= 0.3 is 0 Å². The van der Waals surface area contributed by atoms with Crippen LogP contribution in [-0.2, 0) is 22.4 Å². The smallest absolute Gasteiger partial charge is 0.207 e. The van der Waals surface area contributed by atoms with Gasteiger partial charge in [0.2, 0.25) is 10.0 Å². The first-order chi connectivity index (χ1) is 9.46. The van der Waals surface area contributed by atoms with Gasteiger partial charge in [0.15, 0.2) is 0 Å². The summed E-state index contributed by atoms with van der Waals surface area (Å²) in [6.45, 7) is 0.222. The quantitative estimate of drug-likeness (QED) is 0.766. The molecule has 0 saturated heterocycles. The summed E-state index contributed by atoms with van der Waals surface area (Å²) in [5.74, 6) is 0.187. The molecular formula is C13H13Cl2NO2S2. The molecule has 0 spiro atoms. The standard InChI is InChI=1S/C13H13Cl2NO2S2/c1-16(9-10-4-2-3-5-11(10)15)20(17,18)13-6-7-19-12(13)8-14/h2-7H,8-9H2,1H3. The summed E-state index contributed by atoms with van der Waals surface area (Å²) in [5, 5.41) is 2.28. The number of hydrogen-bond acceptors (Lipinski definition) is 3. The van der Waals surface area contributed by atoms with Gasteiger partial charge in [0.1, 0.15) is 0 Å². The SMILES string of the molecule is CN(Cc1ccccc1Cl)S(=O)(=O)c1ccsc1CCl. The molecule has 1 aromatic carbocycles. The highest BCUT2D eigenvalue weighted by Gasteiger charge is 2.25. The van der Waals surface area contributed by atoms with Crippen molar-refractivity contribution in [2.45, 2.75) is 17.3 Å². The molecule has 0 saturated carbocycles. The lowest BCUT2D eigenvalue weighted by Crippen LogP contribution is -2.26. The highest BCUT2D eigenvalue weighted by Crippen LogP contribution is 2.27. The van der Waals surface area contributed by atoms with E-state index >= 15 is 0 Å². The van der Waals surface area contributed by atoms with E-state index in [-0.39, 0.29) is 17.3 Å². The number of rotatable bonds is 5. The molecule has 1 heterocycles. The van der Waals surface area contributed by atoms with Gasteiger partial charge in [0, 0.05) is 23.5 Å². The summed E-state index contributed by atoms with van der Waals surface area (Å²) in [6, 6.07) is 8.78. The zero-order valence-corrected chi connectivity index (χ0v) is 13.9. The Labute approximate surface area is 132 Å². The molecule has 0 N–H and O–H groups in total. The summed E-state index contributed by atoms with van der Waals surface area (Å²) in [6.07, 6.45) is 0. The van der Waals surface area contributed by atoms with E-state index in [2.05, 4.69) is 0 Å². The van der Waals surface area contributed by atoms with E-state index in [4.69, 9.17) is 23.2 Å². The lowest BCUT2D eigenvalue weighted by atomic mass is 10.2. The van der Waals surface area contributed by atoms with Crippen LogP contribution >= 0.6 is 34.5 Å². The number of alkyl halides is 1. The van der Waals surface area contributed by atoms with Gasteiger partial charge in [-0.3, -0.25) is 0 Å². The Balaban J connectivity index is 2.29. The van der Waals surface area contributed by atoms with Crippen LogP contribution in [0.2, 0.25) is 5.02 Å². The van der Waals surface area contributed by atoms with Gasteiger partial charge in [0.25, 0.3) is 0 Å². The Kier molecular flexibility index (Phi) is 5.09. The highest BCUT2D eigenvalue weighted by molar-refractivity contribution is 7.89. The first-order valence-electron chi connectivity index (χ1n) is 5.79. The summed E-state index contributed by atoms with van der Waals surface area (Å²) >= 11 is 13.2. The molecule has 0 amide bonds. The third-order valence-corrected chi connectivity index (χ3v) is 6.60. The van der Waals surface area contributed by atoms with E-state index in [1.807, 2.05) is 18.2 Å². The molecule has 0 fully saturated rings. The van der Waals surface area contributed by atoms with Gasteiger partial charge in [0.05, 0.1) is 10.8 Å². The zero-order chi connectivity index (χ0) is 14.8. The average Bonchev–Trinajstić information content (AvgIpc) is 2.90. The molecular weight excluding hydrogens is 337 g/mol. The molecule has 0 bridgehead atoms. The van der Waals surface area contributed by atoms with Crippen molar-refractivity contribution in [3.05, 3.63) is 51.2 Å². The van der Waals surface area contributed by atoms with Gasteiger partial charge in [-0.25, -0.2) is 8.42 Å². The normalized spacial score (nSPS) is 12.0. The lowest BCUT2D eigenvalue weighted by Gasteiger charge is -2.18. The van der Waals surface area contributed by atoms with Gasteiger partial charge < -0.3 is 0 Å².